The average molecular weight is 585 g/mol. The number of hydrogen-bond acceptors (Lipinski definition) is 8. The molecular formula is C30H33FN2O7S. The number of halogens is 1. The first-order valence-electron chi connectivity index (χ1n) is 13.6. The zero-order chi connectivity index (χ0) is 28.8. The maximum atomic E-state index is 13.7. The molecule has 1 saturated heterocycles. The number of rotatable bonds is 9. The minimum absolute atomic E-state index is 0.00328. The van der Waals surface area contributed by atoms with Gasteiger partial charge >= 0.3 is 6.16 Å². The van der Waals surface area contributed by atoms with Crippen molar-refractivity contribution < 1.29 is 36.6 Å². The van der Waals surface area contributed by atoms with Crippen LogP contribution in [0.3, 0.4) is 0 Å². The maximum Gasteiger partial charge on any atom is 0.509 e. The number of likely N-dealkylation sites (tertiary alicyclic amines) is 1. The Morgan fingerprint density at radius 1 is 0.902 bits per heavy atom. The molecule has 0 bridgehead atoms. The summed E-state index contributed by atoms with van der Waals surface area (Å²) in [4.78, 5) is 14.6. The Kier molecular flexibility index (Phi) is 9.06. The van der Waals surface area contributed by atoms with Crippen LogP contribution in [0.4, 0.5) is 9.18 Å². The largest absolute Gasteiger partial charge is 0.509 e. The fourth-order valence-electron chi connectivity index (χ4n) is 5.07. The summed E-state index contributed by atoms with van der Waals surface area (Å²) in [5, 5.41) is 0. The Balaban J connectivity index is 1.32. The van der Waals surface area contributed by atoms with Crippen molar-refractivity contribution in [1.82, 2.24) is 9.21 Å². The lowest BCUT2D eigenvalue weighted by atomic mass is 9.99. The van der Waals surface area contributed by atoms with Crippen molar-refractivity contribution in [2.24, 2.45) is 0 Å². The quantitative estimate of drug-likeness (QED) is 0.304. The van der Waals surface area contributed by atoms with Crippen LogP contribution in [0.25, 0.3) is 0 Å². The monoisotopic (exact) mass is 584 g/mol. The third-order valence-electron chi connectivity index (χ3n) is 7.22. The van der Waals surface area contributed by atoms with Gasteiger partial charge in [-0.15, -0.1) is 0 Å². The van der Waals surface area contributed by atoms with E-state index in [9.17, 15) is 17.6 Å². The van der Waals surface area contributed by atoms with Crippen LogP contribution in [0.5, 0.6) is 17.2 Å². The van der Waals surface area contributed by atoms with Gasteiger partial charge in [-0.1, -0.05) is 6.42 Å². The fourth-order valence-corrected chi connectivity index (χ4v) is 6.56. The van der Waals surface area contributed by atoms with Crippen molar-refractivity contribution in [2.75, 3.05) is 39.9 Å². The van der Waals surface area contributed by atoms with E-state index in [2.05, 4.69) is 4.90 Å². The summed E-state index contributed by atoms with van der Waals surface area (Å²) < 4.78 is 63.6. The van der Waals surface area contributed by atoms with Crippen LogP contribution < -0.4 is 9.47 Å². The van der Waals surface area contributed by atoms with Gasteiger partial charge in [0.2, 0.25) is 10.0 Å². The first kappa shape index (κ1) is 28.8. The molecule has 1 fully saturated rings. The van der Waals surface area contributed by atoms with Crippen molar-refractivity contribution in [3.8, 4) is 17.2 Å². The number of nitrogens with zero attached hydrogens (tertiary/aromatic N) is 2. The third-order valence-corrected chi connectivity index (χ3v) is 9.08. The van der Waals surface area contributed by atoms with Crippen LogP contribution in [-0.2, 0) is 25.9 Å². The molecule has 1 atom stereocenters. The smallest absolute Gasteiger partial charge is 0.492 e. The molecule has 218 valence electrons. The first-order chi connectivity index (χ1) is 19.8. The maximum absolute atomic E-state index is 13.7. The summed E-state index contributed by atoms with van der Waals surface area (Å²) in [6.07, 6.45) is 1.91. The van der Waals surface area contributed by atoms with Gasteiger partial charge < -0.3 is 18.9 Å². The number of sulfonamides is 1. The molecule has 2 heterocycles. The molecule has 5 rings (SSSR count). The Morgan fingerprint density at radius 2 is 1.56 bits per heavy atom. The van der Waals surface area contributed by atoms with Gasteiger partial charge in [0.25, 0.3) is 0 Å². The van der Waals surface area contributed by atoms with E-state index >= 15 is 0 Å². The predicted molar refractivity (Wildman–Crippen MR) is 149 cm³/mol. The van der Waals surface area contributed by atoms with Crippen LogP contribution >= 0.6 is 0 Å². The molecule has 41 heavy (non-hydrogen) atoms. The molecule has 1 unspecified atom stereocenters. The van der Waals surface area contributed by atoms with Crippen LogP contribution in [-0.4, -0.2) is 63.7 Å². The van der Waals surface area contributed by atoms with Gasteiger partial charge in [0.1, 0.15) is 29.7 Å². The second kappa shape index (κ2) is 12.9. The molecule has 9 nitrogen and oxygen atoms in total. The molecule has 3 aromatic rings. The van der Waals surface area contributed by atoms with Gasteiger partial charge in [0.05, 0.1) is 12.0 Å². The standard InChI is InChI=1S/C30H33FN2O7S/c1-37-30(34)40-29-28-14-11-26(38-20-19-32-16-3-2-4-17-32)21-22(28)15-18-33(29)41(35,36)27-12-9-25(10-13-27)39-24-7-5-23(31)6-8-24/h5-14,21,29H,2-4,15-20H2,1H3. The van der Waals surface area contributed by atoms with Crippen molar-refractivity contribution in [3.05, 3.63) is 83.7 Å². The number of carbonyl (C=O) groups is 1. The van der Waals surface area contributed by atoms with E-state index in [0.29, 0.717) is 35.8 Å². The zero-order valence-corrected chi connectivity index (χ0v) is 23.6. The van der Waals surface area contributed by atoms with Crippen molar-refractivity contribution in [3.63, 3.8) is 0 Å². The van der Waals surface area contributed by atoms with E-state index in [4.69, 9.17) is 18.9 Å². The molecule has 2 aliphatic heterocycles. The minimum Gasteiger partial charge on any atom is -0.492 e. The Bertz CT molecular complexity index is 1440. The molecule has 0 N–H and O–H groups in total. The number of benzene rings is 3. The van der Waals surface area contributed by atoms with E-state index in [1.54, 1.807) is 12.1 Å². The summed E-state index contributed by atoms with van der Waals surface area (Å²) in [5.41, 5.74) is 1.38. The van der Waals surface area contributed by atoms with E-state index in [-0.39, 0.29) is 17.3 Å². The normalized spacial score (nSPS) is 17.9. The van der Waals surface area contributed by atoms with Gasteiger partial charge in [-0.3, -0.25) is 4.90 Å². The summed E-state index contributed by atoms with van der Waals surface area (Å²) in [6, 6.07) is 16.7. The molecule has 0 spiro atoms. The SMILES string of the molecule is COC(=O)OC1c2ccc(OCCN3CCCCC3)cc2CCN1S(=O)(=O)c1ccc(Oc2ccc(F)cc2)cc1. The molecule has 0 aromatic heterocycles. The van der Waals surface area contributed by atoms with E-state index in [1.807, 2.05) is 6.07 Å². The lowest BCUT2D eigenvalue weighted by molar-refractivity contribution is -0.0149. The second-order valence-electron chi connectivity index (χ2n) is 9.93. The predicted octanol–water partition coefficient (Wildman–Crippen LogP) is 5.51. The number of methoxy groups -OCH3 is 1. The highest BCUT2D eigenvalue weighted by Crippen LogP contribution is 2.37. The number of fused-ring (bicyclic) bond motifs is 1. The highest BCUT2D eigenvalue weighted by atomic mass is 32.2. The summed E-state index contributed by atoms with van der Waals surface area (Å²) in [5.74, 6) is 1.10. The van der Waals surface area contributed by atoms with Crippen LogP contribution in [0, 0.1) is 5.82 Å². The second-order valence-corrected chi connectivity index (χ2v) is 11.8. The Morgan fingerprint density at radius 3 is 2.24 bits per heavy atom. The van der Waals surface area contributed by atoms with Crippen molar-refractivity contribution in [2.45, 2.75) is 36.8 Å². The van der Waals surface area contributed by atoms with Crippen molar-refractivity contribution in [1.29, 1.82) is 0 Å². The first-order valence-corrected chi connectivity index (χ1v) is 15.1. The summed E-state index contributed by atoms with van der Waals surface area (Å²) in [7, 11) is -2.91. The zero-order valence-electron chi connectivity index (χ0n) is 22.8. The van der Waals surface area contributed by atoms with Crippen molar-refractivity contribution >= 4 is 16.2 Å². The molecular weight excluding hydrogens is 551 g/mol. The minimum atomic E-state index is -4.08. The topological polar surface area (TPSA) is 94.6 Å². The molecule has 0 aliphatic carbocycles. The van der Waals surface area contributed by atoms with Gasteiger partial charge in [0, 0.05) is 18.7 Å². The van der Waals surface area contributed by atoms with Gasteiger partial charge in [-0.2, -0.15) is 4.31 Å². The lowest BCUT2D eigenvalue weighted by Gasteiger charge is -2.35. The van der Waals surface area contributed by atoms with Gasteiger partial charge in [0.15, 0.2) is 6.23 Å². The fraction of sp³-hybridized carbons (Fsp3) is 0.367. The van der Waals surface area contributed by atoms with Crippen LogP contribution in [0.1, 0.15) is 36.6 Å². The third kappa shape index (κ3) is 6.98. The molecule has 3 aromatic carbocycles. The molecule has 0 saturated carbocycles. The van der Waals surface area contributed by atoms with E-state index < -0.39 is 22.4 Å². The summed E-state index contributed by atoms with van der Waals surface area (Å²) >= 11 is 0. The number of hydrogen-bond donors (Lipinski definition) is 0. The summed E-state index contributed by atoms with van der Waals surface area (Å²) in [6.45, 7) is 3.68. The molecule has 2 aliphatic rings. The van der Waals surface area contributed by atoms with Crippen LogP contribution in [0.2, 0.25) is 0 Å². The highest BCUT2D eigenvalue weighted by Gasteiger charge is 2.39. The number of ether oxygens (including phenoxy) is 4. The van der Waals surface area contributed by atoms with E-state index in [0.717, 1.165) is 29.5 Å². The highest BCUT2D eigenvalue weighted by molar-refractivity contribution is 7.89. The Hall–Kier alpha value is -3.67. The van der Waals surface area contributed by atoms with E-state index in [1.165, 1.54) is 74.9 Å². The number of carbonyl (C=O) groups excluding carboxylic acids is 1. The van der Waals surface area contributed by atoms with Gasteiger partial charge in [-0.25, -0.2) is 17.6 Å². The van der Waals surface area contributed by atoms with Gasteiger partial charge in [-0.05, 0) is 105 Å². The molecule has 11 heteroatoms. The van der Waals surface area contributed by atoms with Crippen LogP contribution in [0.15, 0.2) is 71.6 Å². The average Bonchev–Trinajstić information content (AvgIpc) is 2.99. The Labute approximate surface area is 239 Å². The molecule has 0 amide bonds. The molecule has 0 radical (unpaired) electrons. The number of piperidine rings is 1. The lowest BCUT2D eigenvalue weighted by Crippen LogP contribution is -2.42.